The first-order valence-electron chi connectivity index (χ1n) is 5.47. The minimum absolute atomic E-state index is 0.149. The monoisotopic (exact) mass is 292 g/mol. The maximum Gasteiger partial charge on any atom is 0.243 e. The summed E-state index contributed by atoms with van der Waals surface area (Å²) in [5.74, 6) is -0.928. The molecular formula is C11H17FN2O4S. The Labute approximate surface area is 111 Å². The Bertz CT molecular complexity index is 572. The Morgan fingerprint density at radius 2 is 2.05 bits per heavy atom. The normalized spacial score (nSPS) is 15.2. The molecule has 0 amide bonds. The summed E-state index contributed by atoms with van der Waals surface area (Å²) >= 11 is 0. The summed E-state index contributed by atoms with van der Waals surface area (Å²) in [6.07, 6.45) is 0. The molecule has 0 aromatic heterocycles. The highest BCUT2D eigenvalue weighted by Gasteiger charge is 2.25. The molecule has 1 unspecified atom stereocenters. The summed E-state index contributed by atoms with van der Waals surface area (Å²) in [4.78, 5) is -0.593. The zero-order valence-electron chi connectivity index (χ0n) is 10.6. The van der Waals surface area contributed by atoms with Gasteiger partial charge in [-0.05, 0) is 31.5 Å². The lowest BCUT2D eigenvalue weighted by atomic mass is 10.1. The second-order valence-electron chi connectivity index (χ2n) is 4.62. The number of sulfonamides is 1. The van der Waals surface area contributed by atoms with E-state index in [9.17, 15) is 17.9 Å². The molecule has 0 saturated carbocycles. The Hall–Kier alpha value is -1.22. The SMILES string of the molecule is Cc1cc(F)c(S(=O)(=O)NCC(C)(O)CO)cc1N. The van der Waals surface area contributed by atoms with Crippen LogP contribution >= 0.6 is 0 Å². The van der Waals surface area contributed by atoms with E-state index >= 15 is 0 Å². The summed E-state index contributed by atoms with van der Waals surface area (Å²) < 4.78 is 39.4. The topological polar surface area (TPSA) is 113 Å². The van der Waals surface area contributed by atoms with Crippen LogP contribution in [-0.2, 0) is 10.0 Å². The summed E-state index contributed by atoms with van der Waals surface area (Å²) in [6, 6.07) is 2.04. The Morgan fingerprint density at radius 3 is 2.58 bits per heavy atom. The molecule has 0 spiro atoms. The third-order valence-electron chi connectivity index (χ3n) is 2.59. The first kappa shape index (κ1) is 15.8. The van der Waals surface area contributed by atoms with E-state index in [1.807, 2.05) is 4.72 Å². The molecule has 5 N–H and O–H groups in total. The summed E-state index contributed by atoms with van der Waals surface area (Å²) in [6.45, 7) is 1.72. The average molecular weight is 292 g/mol. The van der Waals surface area contributed by atoms with Gasteiger partial charge in [0.05, 0.1) is 12.2 Å². The van der Waals surface area contributed by atoms with E-state index in [1.54, 1.807) is 6.92 Å². The standard InChI is InChI=1S/C11H17FN2O4S/c1-7-3-8(12)10(4-9(7)13)19(17,18)14-5-11(2,16)6-15/h3-4,14-16H,5-6,13H2,1-2H3. The number of nitrogens with one attached hydrogen (secondary N) is 1. The van der Waals surface area contributed by atoms with E-state index in [0.717, 1.165) is 12.1 Å². The molecule has 0 fully saturated rings. The Balaban J connectivity index is 3.05. The van der Waals surface area contributed by atoms with Gasteiger partial charge in [0, 0.05) is 12.2 Å². The molecule has 108 valence electrons. The highest BCUT2D eigenvalue weighted by molar-refractivity contribution is 7.89. The van der Waals surface area contributed by atoms with E-state index in [2.05, 4.69) is 0 Å². The van der Waals surface area contributed by atoms with E-state index in [-0.39, 0.29) is 5.69 Å². The fourth-order valence-corrected chi connectivity index (χ4v) is 2.51. The number of hydrogen-bond acceptors (Lipinski definition) is 5. The van der Waals surface area contributed by atoms with Gasteiger partial charge in [0.15, 0.2) is 0 Å². The number of aliphatic hydroxyl groups excluding tert-OH is 1. The number of nitrogen functional groups attached to an aromatic ring is 1. The van der Waals surface area contributed by atoms with Crippen LogP contribution in [0.15, 0.2) is 17.0 Å². The highest BCUT2D eigenvalue weighted by atomic mass is 32.2. The zero-order chi connectivity index (χ0) is 14.8. The lowest BCUT2D eigenvalue weighted by Gasteiger charge is -2.20. The van der Waals surface area contributed by atoms with Gasteiger partial charge < -0.3 is 15.9 Å². The maximum atomic E-state index is 13.6. The van der Waals surface area contributed by atoms with E-state index < -0.39 is 39.5 Å². The first-order chi connectivity index (χ1) is 8.59. The van der Waals surface area contributed by atoms with Crippen molar-refractivity contribution in [3.63, 3.8) is 0 Å². The first-order valence-corrected chi connectivity index (χ1v) is 6.96. The van der Waals surface area contributed by atoms with E-state index in [1.165, 1.54) is 6.92 Å². The van der Waals surface area contributed by atoms with Crippen LogP contribution in [0, 0.1) is 12.7 Å². The molecule has 0 aliphatic rings. The molecule has 0 saturated heterocycles. The lowest BCUT2D eigenvalue weighted by Crippen LogP contribution is -2.43. The van der Waals surface area contributed by atoms with Crippen LogP contribution in [0.2, 0.25) is 0 Å². The van der Waals surface area contributed by atoms with Gasteiger partial charge in [-0.1, -0.05) is 0 Å². The molecular weight excluding hydrogens is 275 g/mol. The van der Waals surface area contributed by atoms with Crippen LogP contribution in [0.25, 0.3) is 0 Å². The van der Waals surface area contributed by atoms with E-state index in [0.29, 0.717) is 5.56 Å². The number of aryl methyl sites for hydroxylation is 1. The molecule has 1 atom stereocenters. The van der Waals surface area contributed by atoms with Gasteiger partial charge in [0.2, 0.25) is 10.0 Å². The molecule has 1 rings (SSSR count). The van der Waals surface area contributed by atoms with Gasteiger partial charge in [0.25, 0.3) is 0 Å². The molecule has 0 bridgehead atoms. The van der Waals surface area contributed by atoms with Crippen LogP contribution in [0.5, 0.6) is 0 Å². The van der Waals surface area contributed by atoms with Crippen LogP contribution in [0.1, 0.15) is 12.5 Å². The van der Waals surface area contributed by atoms with Crippen molar-refractivity contribution < 1.29 is 23.0 Å². The molecule has 8 heteroatoms. The van der Waals surface area contributed by atoms with Crippen molar-refractivity contribution >= 4 is 15.7 Å². The minimum atomic E-state index is -4.15. The predicted octanol–water partition coefficient (Wildman–Crippen LogP) is -0.262. The number of benzene rings is 1. The molecule has 0 aliphatic carbocycles. The van der Waals surface area contributed by atoms with Gasteiger partial charge in [-0.25, -0.2) is 17.5 Å². The van der Waals surface area contributed by atoms with Crippen molar-refractivity contribution in [1.29, 1.82) is 0 Å². The van der Waals surface area contributed by atoms with Gasteiger partial charge in [0.1, 0.15) is 10.7 Å². The highest BCUT2D eigenvalue weighted by Crippen LogP contribution is 2.21. The number of aliphatic hydroxyl groups is 2. The number of anilines is 1. The zero-order valence-corrected chi connectivity index (χ0v) is 11.5. The maximum absolute atomic E-state index is 13.6. The second-order valence-corrected chi connectivity index (χ2v) is 6.35. The van der Waals surface area contributed by atoms with Crippen LogP contribution in [0.3, 0.4) is 0 Å². The number of halogens is 1. The van der Waals surface area contributed by atoms with Crippen molar-refractivity contribution in [2.75, 3.05) is 18.9 Å². The van der Waals surface area contributed by atoms with Gasteiger partial charge >= 0.3 is 0 Å². The molecule has 0 aliphatic heterocycles. The smallest absolute Gasteiger partial charge is 0.243 e. The van der Waals surface area contributed by atoms with Gasteiger partial charge in [-0.2, -0.15) is 0 Å². The molecule has 6 nitrogen and oxygen atoms in total. The summed E-state index contributed by atoms with van der Waals surface area (Å²) in [5.41, 5.74) is 4.50. The van der Waals surface area contributed by atoms with Gasteiger partial charge in [-0.15, -0.1) is 0 Å². The molecule has 1 aromatic rings. The predicted molar refractivity (Wildman–Crippen MR) is 68.4 cm³/mol. The number of rotatable bonds is 5. The molecule has 0 radical (unpaired) electrons. The minimum Gasteiger partial charge on any atom is -0.398 e. The third kappa shape index (κ3) is 3.87. The van der Waals surface area contributed by atoms with Crippen molar-refractivity contribution in [2.45, 2.75) is 24.3 Å². The lowest BCUT2D eigenvalue weighted by molar-refractivity contribution is 0.00680. The number of nitrogens with two attached hydrogens (primary N) is 1. The molecule has 0 heterocycles. The van der Waals surface area contributed by atoms with Crippen LogP contribution < -0.4 is 10.5 Å². The molecule has 19 heavy (non-hydrogen) atoms. The molecule has 1 aromatic carbocycles. The Kier molecular flexibility index (Phi) is 4.51. The fourth-order valence-electron chi connectivity index (χ4n) is 1.26. The largest absolute Gasteiger partial charge is 0.398 e. The summed E-state index contributed by atoms with van der Waals surface area (Å²) in [7, 11) is -4.15. The van der Waals surface area contributed by atoms with Crippen molar-refractivity contribution in [2.24, 2.45) is 0 Å². The van der Waals surface area contributed by atoms with Gasteiger partial charge in [-0.3, -0.25) is 0 Å². The number of hydrogen-bond donors (Lipinski definition) is 4. The average Bonchev–Trinajstić information content (AvgIpc) is 2.31. The van der Waals surface area contributed by atoms with Crippen molar-refractivity contribution in [3.05, 3.63) is 23.5 Å². The summed E-state index contributed by atoms with van der Waals surface area (Å²) in [5, 5.41) is 18.3. The van der Waals surface area contributed by atoms with Crippen LogP contribution in [-0.4, -0.2) is 37.4 Å². The van der Waals surface area contributed by atoms with Crippen molar-refractivity contribution in [3.8, 4) is 0 Å². The fraction of sp³-hybridized carbons (Fsp3) is 0.455. The third-order valence-corrected chi connectivity index (χ3v) is 4.01. The second kappa shape index (κ2) is 5.41. The Morgan fingerprint density at radius 1 is 1.47 bits per heavy atom. The van der Waals surface area contributed by atoms with Crippen molar-refractivity contribution in [1.82, 2.24) is 4.72 Å². The van der Waals surface area contributed by atoms with Crippen LogP contribution in [0.4, 0.5) is 10.1 Å². The quantitative estimate of drug-likeness (QED) is 0.558. The van der Waals surface area contributed by atoms with E-state index in [4.69, 9.17) is 10.8 Å².